The van der Waals surface area contributed by atoms with Gasteiger partial charge in [-0.25, -0.2) is 4.98 Å². The van der Waals surface area contributed by atoms with Gasteiger partial charge in [-0.15, -0.1) is 0 Å². The van der Waals surface area contributed by atoms with Gasteiger partial charge in [-0.2, -0.15) is 0 Å². The number of methoxy groups -OCH3 is 1. The van der Waals surface area contributed by atoms with Crippen LogP contribution in [0.15, 0.2) is 47.5 Å². The Morgan fingerprint density at radius 1 is 1.21 bits per heavy atom. The van der Waals surface area contributed by atoms with E-state index in [2.05, 4.69) is 10.3 Å². The Morgan fingerprint density at radius 2 is 2.00 bits per heavy atom. The number of carbonyl (C=O) groups excluding carboxylic acids is 1. The number of amides is 1. The number of para-hydroxylation sites is 2. The molecule has 1 N–H and O–H groups in total. The molecule has 0 bridgehead atoms. The minimum Gasteiger partial charge on any atom is -0.487 e. The number of nitrogens with zero attached hydrogens (tertiary/aromatic N) is 2. The number of nitrogens with one attached hydrogen (secondary N) is 1. The van der Waals surface area contributed by atoms with E-state index in [1.807, 2.05) is 19.1 Å². The molecule has 0 aliphatic carbocycles. The van der Waals surface area contributed by atoms with Gasteiger partial charge in [-0.1, -0.05) is 29.8 Å². The molecule has 3 rings (SSSR count). The van der Waals surface area contributed by atoms with Crippen LogP contribution in [0.3, 0.4) is 0 Å². The fourth-order valence-electron chi connectivity index (χ4n) is 2.91. The van der Waals surface area contributed by atoms with Crippen LogP contribution in [0.4, 0.5) is 5.69 Å². The molecule has 0 radical (unpaired) electrons. The van der Waals surface area contributed by atoms with Crippen molar-refractivity contribution in [2.45, 2.75) is 19.9 Å². The molecular formula is C21H22ClN3O4. The van der Waals surface area contributed by atoms with Gasteiger partial charge in [0.15, 0.2) is 5.75 Å². The van der Waals surface area contributed by atoms with Gasteiger partial charge < -0.3 is 14.8 Å². The fraction of sp³-hybridized carbons (Fsp3) is 0.286. The Kier molecular flexibility index (Phi) is 6.85. The molecule has 0 fully saturated rings. The number of hydrogen-bond donors (Lipinski definition) is 1. The topological polar surface area (TPSA) is 82.4 Å². The summed E-state index contributed by atoms with van der Waals surface area (Å²) in [5.41, 5.74) is 1.91. The van der Waals surface area contributed by atoms with Crippen molar-refractivity contribution in [3.63, 3.8) is 0 Å². The summed E-state index contributed by atoms with van der Waals surface area (Å²) in [6, 6.07) is 10.6. The highest BCUT2D eigenvalue weighted by Gasteiger charge is 2.13. The van der Waals surface area contributed by atoms with Crippen molar-refractivity contribution < 1.29 is 14.3 Å². The first kappa shape index (κ1) is 20.8. The number of rotatable bonds is 8. The van der Waals surface area contributed by atoms with Crippen molar-refractivity contribution in [2.24, 2.45) is 0 Å². The lowest BCUT2D eigenvalue weighted by Gasteiger charge is -2.14. The van der Waals surface area contributed by atoms with Gasteiger partial charge in [-0.05, 0) is 30.7 Å². The van der Waals surface area contributed by atoms with Crippen LogP contribution in [0.5, 0.6) is 5.75 Å². The molecule has 0 saturated carbocycles. The monoisotopic (exact) mass is 415 g/mol. The zero-order chi connectivity index (χ0) is 20.8. The molecule has 3 aromatic rings. The zero-order valence-electron chi connectivity index (χ0n) is 16.3. The first-order chi connectivity index (χ1) is 14.0. The van der Waals surface area contributed by atoms with E-state index in [0.29, 0.717) is 40.6 Å². The van der Waals surface area contributed by atoms with E-state index in [1.165, 1.54) is 10.9 Å². The molecule has 0 spiro atoms. The second-order valence-corrected chi connectivity index (χ2v) is 6.88. The largest absolute Gasteiger partial charge is 0.487 e. The highest BCUT2D eigenvalue weighted by molar-refractivity contribution is 6.32. The quantitative estimate of drug-likeness (QED) is 0.570. The van der Waals surface area contributed by atoms with E-state index in [4.69, 9.17) is 21.1 Å². The van der Waals surface area contributed by atoms with Crippen molar-refractivity contribution in [3.05, 3.63) is 63.7 Å². The Labute approximate surface area is 173 Å². The Balaban J connectivity index is 1.70. The Hall–Kier alpha value is -2.90. The molecule has 7 nitrogen and oxygen atoms in total. The van der Waals surface area contributed by atoms with E-state index in [9.17, 15) is 9.59 Å². The summed E-state index contributed by atoms with van der Waals surface area (Å²) in [5, 5.41) is 3.72. The average molecular weight is 416 g/mol. The van der Waals surface area contributed by atoms with Gasteiger partial charge >= 0.3 is 0 Å². The van der Waals surface area contributed by atoms with E-state index in [-0.39, 0.29) is 24.4 Å². The van der Waals surface area contributed by atoms with Crippen molar-refractivity contribution in [1.29, 1.82) is 0 Å². The van der Waals surface area contributed by atoms with Gasteiger partial charge in [-0.3, -0.25) is 14.2 Å². The maximum atomic E-state index is 12.6. The molecule has 0 aliphatic rings. The molecular weight excluding hydrogens is 394 g/mol. The molecule has 1 heterocycles. The van der Waals surface area contributed by atoms with Gasteiger partial charge in [0.1, 0.15) is 6.61 Å². The van der Waals surface area contributed by atoms with Crippen molar-refractivity contribution >= 4 is 34.1 Å². The minimum atomic E-state index is -0.264. The third kappa shape index (κ3) is 4.93. The molecule has 29 heavy (non-hydrogen) atoms. The lowest BCUT2D eigenvalue weighted by Crippen LogP contribution is -2.24. The number of aromatic nitrogens is 2. The number of anilines is 1. The Bertz CT molecular complexity index is 1080. The number of hydrogen-bond acceptors (Lipinski definition) is 5. The first-order valence-electron chi connectivity index (χ1n) is 9.16. The summed E-state index contributed by atoms with van der Waals surface area (Å²) in [7, 11) is 1.57. The molecule has 0 saturated heterocycles. The predicted octanol–water partition coefficient (Wildman–Crippen LogP) is 3.41. The number of halogens is 1. The van der Waals surface area contributed by atoms with Crippen molar-refractivity contribution in [1.82, 2.24) is 9.55 Å². The summed E-state index contributed by atoms with van der Waals surface area (Å²) in [5.74, 6) is 0.125. The molecule has 152 valence electrons. The van der Waals surface area contributed by atoms with Crippen LogP contribution in [-0.4, -0.2) is 35.8 Å². The number of carbonyl (C=O) groups is 1. The van der Waals surface area contributed by atoms with Crippen LogP contribution in [0, 0.1) is 6.92 Å². The molecule has 1 aromatic heterocycles. The molecule has 0 atom stereocenters. The second kappa shape index (κ2) is 9.54. The number of ether oxygens (including phenoxy) is 2. The van der Waals surface area contributed by atoms with Crippen LogP contribution < -0.4 is 15.6 Å². The zero-order valence-corrected chi connectivity index (χ0v) is 17.0. The van der Waals surface area contributed by atoms with Gasteiger partial charge in [0.05, 0.1) is 34.5 Å². The van der Waals surface area contributed by atoms with Crippen LogP contribution in [0.1, 0.15) is 12.0 Å². The normalized spacial score (nSPS) is 10.9. The van der Waals surface area contributed by atoms with Gasteiger partial charge in [0.25, 0.3) is 5.56 Å². The SMILES string of the molecule is COCCOc1c(Cl)cccc1NC(=O)CCn1cnc2c(C)cccc2c1=O. The summed E-state index contributed by atoms with van der Waals surface area (Å²) in [6.07, 6.45) is 1.58. The average Bonchev–Trinajstić information content (AvgIpc) is 2.70. The summed E-state index contributed by atoms with van der Waals surface area (Å²) >= 11 is 6.18. The lowest BCUT2D eigenvalue weighted by molar-refractivity contribution is -0.116. The summed E-state index contributed by atoms with van der Waals surface area (Å²) < 4.78 is 12.0. The number of fused-ring (bicyclic) bond motifs is 1. The van der Waals surface area contributed by atoms with Crippen LogP contribution in [-0.2, 0) is 16.1 Å². The maximum Gasteiger partial charge on any atom is 0.261 e. The first-order valence-corrected chi connectivity index (χ1v) is 9.54. The summed E-state index contributed by atoms with van der Waals surface area (Å²) in [6.45, 7) is 2.82. The molecule has 8 heteroatoms. The van der Waals surface area contributed by atoms with E-state index < -0.39 is 0 Å². The van der Waals surface area contributed by atoms with Gasteiger partial charge in [0, 0.05) is 20.1 Å². The van der Waals surface area contributed by atoms with E-state index in [0.717, 1.165) is 5.56 Å². The van der Waals surface area contributed by atoms with Crippen LogP contribution in [0.25, 0.3) is 10.9 Å². The molecule has 1 amide bonds. The van der Waals surface area contributed by atoms with Crippen LogP contribution >= 0.6 is 11.6 Å². The summed E-state index contributed by atoms with van der Waals surface area (Å²) in [4.78, 5) is 29.4. The second-order valence-electron chi connectivity index (χ2n) is 6.47. The Morgan fingerprint density at radius 3 is 2.79 bits per heavy atom. The fourth-order valence-corrected chi connectivity index (χ4v) is 3.14. The lowest BCUT2D eigenvalue weighted by atomic mass is 10.1. The van der Waals surface area contributed by atoms with Crippen LogP contribution in [0.2, 0.25) is 5.02 Å². The maximum absolute atomic E-state index is 12.6. The number of benzene rings is 2. The smallest absolute Gasteiger partial charge is 0.261 e. The highest BCUT2D eigenvalue weighted by Crippen LogP contribution is 2.33. The van der Waals surface area contributed by atoms with E-state index >= 15 is 0 Å². The van der Waals surface area contributed by atoms with Gasteiger partial charge in [0.2, 0.25) is 5.91 Å². The molecule has 0 aliphatic heterocycles. The third-order valence-electron chi connectivity index (χ3n) is 4.41. The minimum absolute atomic E-state index is 0.100. The standard InChI is InChI=1S/C21H22ClN3O4/c1-14-5-3-6-15-19(14)23-13-25(21(15)27)10-9-18(26)24-17-8-4-7-16(22)20(17)29-12-11-28-2/h3-8,13H,9-12H2,1-2H3,(H,24,26). The number of aryl methyl sites for hydroxylation is 2. The van der Waals surface area contributed by atoms with Crippen molar-refractivity contribution in [3.8, 4) is 5.75 Å². The highest BCUT2D eigenvalue weighted by atomic mass is 35.5. The molecule has 2 aromatic carbocycles. The molecule has 0 unspecified atom stereocenters. The predicted molar refractivity (Wildman–Crippen MR) is 113 cm³/mol. The third-order valence-corrected chi connectivity index (χ3v) is 4.71. The van der Waals surface area contributed by atoms with E-state index in [1.54, 1.807) is 31.4 Å². The van der Waals surface area contributed by atoms with Crippen molar-refractivity contribution in [2.75, 3.05) is 25.6 Å².